The molecular formula is C13H13IN2. The van der Waals surface area contributed by atoms with Crippen molar-refractivity contribution in [3.63, 3.8) is 0 Å². The summed E-state index contributed by atoms with van der Waals surface area (Å²) in [5, 5.41) is 18.1. The number of nitrogens with zero attached hydrogens (tertiary/aromatic N) is 2. The van der Waals surface area contributed by atoms with Gasteiger partial charge in [0.2, 0.25) is 0 Å². The number of hydrogen-bond acceptors (Lipinski definition) is 2. The van der Waals surface area contributed by atoms with Gasteiger partial charge in [0.1, 0.15) is 12.1 Å². The topological polar surface area (TPSA) is 47.6 Å². The smallest absolute Gasteiger partial charge is 0.102 e. The molecule has 1 aromatic carbocycles. The lowest BCUT2D eigenvalue weighted by Gasteiger charge is -2.06. The Balaban J connectivity index is 3.03. The van der Waals surface area contributed by atoms with Crippen LogP contribution in [0.15, 0.2) is 12.1 Å². The Kier molecular flexibility index (Phi) is 5.28. The SMILES string of the molecule is CCCCCc1ccc(I)c(C#N)c1C#N. The van der Waals surface area contributed by atoms with Gasteiger partial charge in [-0.3, -0.25) is 0 Å². The third kappa shape index (κ3) is 2.96. The molecule has 0 aliphatic rings. The highest BCUT2D eigenvalue weighted by Crippen LogP contribution is 2.21. The van der Waals surface area contributed by atoms with E-state index in [0.29, 0.717) is 11.1 Å². The fourth-order valence-corrected chi connectivity index (χ4v) is 2.20. The van der Waals surface area contributed by atoms with E-state index in [-0.39, 0.29) is 0 Å². The molecule has 1 rings (SSSR count). The van der Waals surface area contributed by atoms with Crippen LogP contribution in [0.2, 0.25) is 0 Å². The molecule has 0 aromatic heterocycles. The molecule has 3 heteroatoms. The van der Waals surface area contributed by atoms with Gasteiger partial charge < -0.3 is 0 Å². The summed E-state index contributed by atoms with van der Waals surface area (Å²) in [5.74, 6) is 0. The Morgan fingerprint density at radius 1 is 1.12 bits per heavy atom. The van der Waals surface area contributed by atoms with E-state index in [2.05, 4.69) is 41.7 Å². The van der Waals surface area contributed by atoms with E-state index >= 15 is 0 Å². The lowest BCUT2D eigenvalue weighted by atomic mass is 9.98. The number of rotatable bonds is 4. The van der Waals surface area contributed by atoms with Crippen molar-refractivity contribution in [1.29, 1.82) is 10.5 Å². The van der Waals surface area contributed by atoms with Crippen molar-refractivity contribution >= 4 is 22.6 Å². The van der Waals surface area contributed by atoms with Gasteiger partial charge in [-0.2, -0.15) is 10.5 Å². The Labute approximate surface area is 110 Å². The molecule has 0 aliphatic carbocycles. The Hall–Kier alpha value is -1.07. The maximum absolute atomic E-state index is 9.11. The third-order valence-corrected chi connectivity index (χ3v) is 3.41. The molecule has 0 heterocycles. The van der Waals surface area contributed by atoms with Crippen molar-refractivity contribution in [2.45, 2.75) is 32.6 Å². The van der Waals surface area contributed by atoms with Gasteiger partial charge in [0, 0.05) is 3.57 Å². The molecule has 82 valence electrons. The van der Waals surface area contributed by atoms with Crippen LogP contribution in [-0.2, 0) is 6.42 Å². The highest BCUT2D eigenvalue weighted by molar-refractivity contribution is 14.1. The van der Waals surface area contributed by atoms with Crippen molar-refractivity contribution in [1.82, 2.24) is 0 Å². The Bertz CT molecular complexity index is 452. The predicted molar refractivity (Wildman–Crippen MR) is 71.8 cm³/mol. The second kappa shape index (κ2) is 6.50. The van der Waals surface area contributed by atoms with E-state index in [9.17, 15) is 0 Å². The van der Waals surface area contributed by atoms with Crippen molar-refractivity contribution in [2.75, 3.05) is 0 Å². The van der Waals surface area contributed by atoms with E-state index < -0.39 is 0 Å². The van der Waals surface area contributed by atoms with Gasteiger partial charge in [-0.05, 0) is 47.1 Å². The molecule has 0 radical (unpaired) electrons. The van der Waals surface area contributed by atoms with Gasteiger partial charge in [-0.15, -0.1) is 0 Å². The molecule has 16 heavy (non-hydrogen) atoms. The first-order valence-corrected chi connectivity index (χ1v) is 6.44. The average Bonchev–Trinajstić information content (AvgIpc) is 2.30. The summed E-state index contributed by atoms with van der Waals surface area (Å²) in [7, 11) is 0. The molecule has 1 aromatic rings. The second-order valence-corrected chi connectivity index (χ2v) is 4.80. The molecule has 0 saturated carbocycles. The van der Waals surface area contributed by atoms with Crippen molar-refractivity contribution in [3.05, 3.63) is 32.4 Å². The van der Waals surface area contributed by atoms with Crippen molar-refractivity contribution in [2.24, 2.45) is 0 Å². The maximum atomic E-state index is 9.11. The number of halogens is 1. The quantitative estimate of drug-likeness (QED) is 0.625. The van der Waals surface area contributed by atoms with Crippen LogP contribution in [-0.4, -0.2) is 0 Å². The number of nitriles is 2. The standard InChI is InChI=1S/C13H13IN2/c1-2-3-4-5-10-6-7-13(14)12(9-16)11(10)8-15/h6-7H,2-5H2,1H3. The first-order valence-electron chi connectivity index (χ1n) is 5.36. The van der Waals surface area contributed by atoms with Crippen LogP contribution in [0.25, 0.3) is 0 Å². The van der Waals surface area contributed by atoms with Gasteiger partial charge in [0.05, 0.1) is 11.1 Å². The molecule has 0 bridgehead atoms. The molecule has 0 N–H and O–H groups in total. The minimum atomic E-state index is 0.525. The zero-order valence-corrected chi connectivity index (χ0v) is 11.4. The fourth-order valence-electron chi connectivity index (χ4n) is 1.63. The molecule has 0 saturated heterocycles. The van der Waals surface area contributed by atoms with Gasteiger partial charge in [0.15, 0.2) is 0 Å². The zero-order chi connectivity index (χ0) is 12.0. The molecular weight excluding hydrogens is 311 g/mol. The van der Waals surface area contributed by atoms with Crippen LogP contribution >= 0.6 is 22.6 Å². The van der Waals surface area contributed by atoms with E-state index in [1.807, 2.05) is 12.1 Å². The molecule has 0 fully saturated rings. The first-order chi connectivity index (χ1) is 7.74. The van der Waals surface area contributed by atoms with Crippen LogP contribution in [0.5, 0.6) is 0 Å². The molecule has 0 atom stereocenters. The lowest BCUT2D eigenvalue weighted by Crippen LogP contribution is -1.97. The number of unbranched alkanes of at least 4 members (excludes halogenated alkanes) is 2. The van der Waals surface area contributed by atoms with Crippen LogP contribution in [0.1, 0.15) is 42.9 Å². The molecule has 0 unspecified atom stereocenters. The number of hydrogen-bond donors (Lipinski definition) is 0. The van der Waals surface area contributed by atoms with Gasteiger partial charge in [-0.1, -0.05) is 25.8 Å². The van der Waals surface area contributed by atoms with Crippen molar-refractivity contribution < 1.29 is 0 Å². The minimum absolute atomic E-state index is 0.525. The summed E-state index contributed by atoms with van der Waals surface area (Å²) < 4.78 is 0.857. The summed E-state index contributed by atoms with van der Waals surface area (Å²) in [6, 6.07) is 8.16. The van der Waals surface area contributed by atoms with E-state index in [1.54, 1.807) is 0 Å². The fraction of sp³-hybridized carbons (Fsp3) is 0.385. The van der Waals surface area contributed by atoms with Crippen molar-refractivity contribution in [3.8, 4) is 12.1 Å². The predicted octanol–water partition coefficient (Wildman–Crippen LogP) is 3.77. The highest BCUT2D eigenvalue weighted by Gasteiger charge is 2.10. The van der Waals surface area contributed by atoms with Gasteiger partial charge in [-0.25, -0.2) is 0 Å². The summed E-state index contributed by atoms with van der Waals surface area (Å²) >= 11 is 2.10. The number of aryl methyl sites for hydroxylation is 1. The number of benzene rings is 1. The Morgan fingerprint density at radius 2 is 1.81 bits per heavy atom. The van der Waals surface area contributed by atoms with E-state index in [4.69, 9.17) is 10.5 Å². The van der Waals surface area contributed by atoms with Gasteiger partial charge in [0.25, 0.3) is 0 Å². The van der Waals surface area contributed by atoms with E-state index in [0.717, 1.165) is 28.4 Å². The summed E-state index contributed by atoms with van der Waals surface area (Å²) in [5.41, 5.74) is 2.09. The van der Waals surface area contributed by atoms with E-state index in [1.165, 1.54) is 6.42 Å². The van der Waals surface area contributed by atoms with Crippen LogP contribution in [0.3, 0.4) is 0 Å². The molecule has 0 spiro atoms. The first kappa shape index (κ1) is 13.0. The summed E-state index contributed by atoms with van der Waals surface area (Å²) in [6.45, 7) is 2.15. The van der Waals surface area contributed by atoms with Crippen LogP contribution in [0.4, 0.5) is 0 Å². The lowest BCUT2D eigenvalue weighted by molar-refractivity contribution is 0.716. The molecule has 0 amide bonds. The zero-order valence-electron chi connectivity index (χ0n) is 9.26. The Morgan fingerprint density at radius 3 is 2.38 bits per heavy atom. The third-order valence-electron chi connectivity index (χ3n) is 2.51. The average molecular weight is 324 g/mol. The largest absolute Gasteiger partial charge is 0.192 e. The van der Waals surface area contributed by atoms with Gasteiger partial charge >= 0.3 is 0 Å². The van der Waals surface area contributed by atoms with Crippen LogP contribution in [0, 0.1) is 26.2 Å². The normalized spacial score (nSPS) is 9.50. The summed E-state index contributed by atoms with van der Waals surface area (Å²) in [4.78, 5) is 0. The monoisotopic (exact) mass is 324 g/mol. The second-order valence-electron chi connectivity index (χ2n) is 3.64. The van der Waals surface area contributed by atoms with Crippen LogP contribution < -0.4 is 0 Å². The minimum Gasteiger partial charge on any atom is -0.192 e. The highest BCUT2D eigenvalue weighted by atomic mass is 127. The summed E-state index contributed by atoms with van der Waals surface area (Å²) in [6.07, 6.45) is 4.30. The molecule has 2 nitrogen and oxygen atoms in total. The maximum Gasteiger partial charge on any atom is 0.102 e. The molecule has 0 aliphatic heterocycles.